The second-order valence-corrected chi connectivity index (χ2v) is 7.13. The molecule has 3 N–H and O–H groups in total. The molecule has 0 spiro atoms. The molecule has 9 heteroatoms. The van der Waals surface area contributed by atoms with E-state index >= 15 is 0 Å². The van der Waals surface area contributed by atoms with Gasteiger partial charge in [-0.1, -0.05) is 13.8 Å². The van der Waals surface area contributed by atoms with Crippen molar-refractivity contribution in [3.8, 4) is 11.5 Å². The molecule has 32 heavy (non-hydrogen) atoms. The van der Waals surface area contributed by atoms with Gasteiger partial charge in [-0.25, -0.2) is 14.6 Å². The number of rotatable bonds is 9. The predicted molar refractivity (Wildman–Crippen MR) is 126 cm³/mol. The Bertz CT molecular complexity index is 1060. The number of anilines is 1. The van der Waals surface area contributed by atoms with Crippen LogP contribution < -0.4 is 20.7 Å². The third-order valence-corrected chi connectivity index (χ3v) is 5.03. The van der Waals surface area contributed by atoms with Gasteiger partial charge in [-0.15, -0.1) is 0 Å². The van der Waals surface area contributed by atoms with Gasteiger partial charge in [0.25, 0.3) is 0 Å². The van der Waals surface area contributed by atoms with Crippen LogP contribution in [0.4, 0.5) is 15.4 Å². The van der Waals surface area contributed by atoms with Crippen LogP contribution in [-0.2, 0) is 0 Å². The molecule has 0 radical (unpaired) electrons. The van der Waals surface area contributed by atoms with E-state index in [1.807, 2.05) is 25.1 Å². The number of pyridine rings is 1. The van der Waals surface area contributed by atoms with E-state index < -0.39 is 0 Å². The molecular weight excluding hydrogens is 408 g/mol. The molecule has 3 amide bonds. The molecule has 9 nitrogen and oxygen atoms in total. The molecule has 0 atom stereocenters. The van der Waals surface area contributed by atoms with E-state index in [0.717, 1.165) is 30.5 Å². The number of amides is 3. The van der Waals surface area contributed by atoms with E-state index in [4.69, 9.17) is 4.74 Å². The number of ether oxygens (including phenoxy) is 1. The van der Waals surface area contributed by atoms with Crippen molar-refractivity contribution in [2.75, 3.05) is 38.0 Å². The van der Waals surface area contributed by atoms with E-state index in [9.17, 15) is 9.59 Å². The lowest BCUT2D eigenvalue weighted by Gasteiger charge is -2.18. The fourth-order valence-electron chi connectivity index (χ4n) is 3.30. The summed E-state index contributed by atoms with van der Waals surface area (Å²) in [7, 11) is 0. The van der Waals surface area contributed by atoms with Gasteiger partial charge in [0.15, 0.2) is 0 Å². The largest absolute Gasteiger partial charge is 0.457 e. The van der Waals surface area contributed by atoms with Crippen LogP contribution in [0.1, 0.15) is 20.8 Å². The van der Waals surface area contributed by atoms with Gasteiger partial charge in [0.05, 0.1) is 5.52 Å². The van der Waals surface area contributed by atoms with Gasteiger partial charge in [0.2, 0.25) is 0 Å². The van der Waals surface area contributed by atoms with Crippen LogP contribution in [0, 0.1) is 0 Å². The monoisotopic (exact) mass is 438 g/mol. The van der Waals surface area contributed by atoms with Crippen LogP contribution in [0.15, 0.2) is 48.8 Å². The number of benzene rings is 1. The molecular formula is C23H30N6O3. The molecule has 3 rings (SSSR count). The van der Waals surface area contributed by atoms with Crippen LogP contribution in [0.5, 0.6) is 11.5 Å². The summed E-state index contributed by atoms with van der Waals surface area (Å²) in [5.41, 5.74) is 0.793. The molecule has 0 fully saturated rings. The molecule has 2 aromatic heterocycles. The van der Waals surface area contributed by atoms with E-state index in [1.165, 1.54) is 0 Å². The molecule has 0 aliphatic heterocycles. The lowest BCUT2D eigenvalue weighted by atomic mass is 10.2. The highest BCUT2D eigenvalue weighted by Crippen LogP contribution is 2.27. The SMILES string of the molecule is CCNC(=O)n1ccc2cc(Oc3ccnc(NC(=O)NCCN(CC)CC)c3)ccc21. The van der Waals surface area contributed by atoms with Crippen molar-refractivity contribution in [3.05, 3.63) is 48.8 Å². The van der Waals surface area contributed by atoms with Crippen LogP contribution in [-0.4, -0.2) is 59.2 Å². The highest BCUT2D eigenvalue weighted by Gasteiger charge is 2.10. The van der Waals surface area contributed by atoms with Crippen LogP contribution in [0.3, 0.4) is 0 Å². The smallest absolute Gasteiger partial charge is 0.326 e. The maximum absolute atomic E-state index is 12.1. The first-order valence-electron chi connectivity index (χ1n) is 10.8. The average molecular weight is 439 g/mol. The third-order valence-electron chi connectivity index (χ3n) is 5.03. The molecule has 1 aromatic carbocycles. The highest BCUT2D eigenvalue weighted by molar-refractivity contribution is 5.92. The Morgan fingerprint density at radius 1 is 1.03 bits per heavy atom. The van der Waals surface area contributed by atoms with E-state index in [-0.39, 0.29) is 12.1 Å². The van der Waals surface area contributed by atoms with Crippen molar-refractivity contribution >= 4 is 28.8 Å². The van der Waals surface area contributed by atoms with Gasteiger partial charge >= 0.3 is 12.1 Å². The number of fused-ring (bicyclic) bond motifs is 1. The second kappa shape index (κ2) is 11.1. The maximum atomic E-state index is 12.1. The van der Waals surface area contributed by atoms with Crippen molar-refractivity contribution in [1.82, 2.24) is 25.1 Å². The summed E-state index contributed by atoms with van der Waals surface area (Å²) in [6.07, 6.45) is 3.30. The first kappa shape index (κ1) is 23.1. The normalized spacial score (nSPS) is 10.9. The first-order valence-corrected chi connectivity index (χ1v) is 10.8. The summed E-state index contributed by atoms with van der Waals surface area (Å²) in [5.74, 6) is 1.55. The molecule has 0 unspecified atom stereocenters. The molecule has 0 bridgehead atoms. The average Bonchev–Trinajstić information content (AvgIpc) is 3.20. The number of carbonyl (C=O) groups is 2. The fraction of sp³-hybridized carbons (Fsp3) is 0.348. The Hall–Kier alpha value is -3.59. The topological polar surface area (TPSA) is 101 Å². The minimum absolute atomic E-state index is 0.170. The Balaban J connectivity index is 1.61. The lowest BCUT2D eigenvalue weighted by Crippen LogP contribution is -2.37. The van der Waals surface area contributed by atoms with E-state index in [2.05, 4.69) is 39.7 Å². The predicted octanol–water partition coefficient (Wildman–Crippen LogP) is 3.87. The molecule has 0 saturated carbocycles. The molecule has 0 aliphatic carbocycles. The van der Waals surface area contributed by atoms with Gasteiger partial charge < -0.3 is 20.3 Å². The number of nitrogens with zero attached hydrogens (tertiary/aromatic N) is 3. The van der Waals surface area contributed by atoms with Crippen molar-refractivity contribution in [2.24, 2.45) is 0 Å². The number of hydrogen-bond acceptors (Lipinski definition) is 5. The molecule has 0 aliphatic rings. The van der Waals surface area contributed by atoms with Crippen molar-refractivity contribution in [3.63, 3.8) is 0 Å². The zero-order valence-electron chi connectivity index (χ0n) is 18.7. The minimum Gasteiger partial charge on any atom is -0.457 e. The standard InChI is InChI=1S/C23H30N6O3/c1-4-24-23(31)29-13-10-17-15-18(7-8-20(17)29)32-19-9-11-25-21(16-19)27-22(30)26-12-14-28(5-2)6-3/h7-11,13,15-16H,4-6,12,14H2,1-3H3,(H,24,31)(H2,25,26,27,30). The molecule has 0 saturated heterocycles. The van der Waals surface area contributed by atoms with Gasteiger partial charge in [0.1, 0.15) is 17.3 Å². The summed E-state index contributed by atoms with van der Waals surface area (Å²) < 4.78 is 7.50. The van der Waals surface area contributed by atoms with Crippen LogP contribution >= 0.6 is 0 Å². The summed E-state index contributed by atoms with van der Waals surface area (Å²) in [5, 5.41) is 9.23. The number of aromatic nitrogens is 2. The van der Waals surface area contributed by atoms with Crippen molar-refractivity contribution < 1.29 is 14.3 Å². The van der Waals surface area contributed by atoms with Gasteiger partial charge in [-0.05, 0) is 50.3 Å². The quantitative estimate of drug-likeness (QED) is 0.471. The first-order chi connectivity index (χ1) is 15.5. The number of hydrogen-bond donors (Lipinski definition) is 3. The highest BCUT2D eigenvalue weighted by atomic mass is 16.5. The fourth-order valence-corrected chi connectivity index (χ4v) is 3.30. The summed E-state index contributed by atoms with van der Waals surface area (Å²) >= 11 is 0. The van der Waals surface area contributed by atoms with E-state index in [0.29, 0.717) is 30.4 Å². The Labute approximate surface area is 187 Å². The number of likely N-dealkylation sites (N-methyl/N-ethyl adjacent to an activating group) is 1. The van der Waals surface area contributed by atoms with Crippen molar-refractivity contribution in [1.29, 1.82) is 0 Å². The number of nitrogens with one attached hydrogen (secondary N) is 3. The molecule has 170 valence electrons. The zero-order valence-corrected chi connectivity index (χ0v) is 18.7. The molecule has 3 aromatic rings. The van der Waals surface area contributed by atoms with Crippen LogP contribution in [0.25, 0.3) is 10.9 Å². The lowest BCUT2D eigenvalue weighted by molar-refractivity contribution is 0.243. The summed E-state index contributed by atoms with van der Waals surface area (Å²) in [4.78, 5) is 30.7. The Morgan fingerprint density at radius 3 is 2.56 bits per heavy atom. The summed E-state index contributed by atoms with van der Waals surface area (Å²) in [6.45, 7) is 9.87. The minimum atomic E-state index is -0.310. The third kappa shape index (κ3) is 5.98. The van der Waals surface area contributed by atoms with Crippen LogP contribution in [0.2, 0.25) is 0 Å². The van der Waals surface area contributed by atoms with Gasteiger partial charge in [0, 0.05) is 43.5 Å². The van der Waals surface area contributed by atoms with Gasteiger partial charge in [-0.3, -0.25) is 9.88 Å². The van der Waals surface area contributed by atoms with Crippen molar-refractivity contribution in [2.45, 2.75) is 20.8 Å². The molecule has 2 heterocycles. The second-order valence-electron chi connectivity index (χ2n) is 7.13. The van der Waals surface area contributed by atoms with Gasteiger partial charge in [-0.2, -0.15) is 0 Å². The maximum Gasteiger partial charge on any atom is 0.326 e. The number of urea groups is 1. The Morgan fingerprint density at radius 2 is 1.81 bits per heavy atom. The van der Waals surface area contributed by atoms with E-state index in [1.54, 1.807) is 35.2 Å². The Kier molecular flexibility index (Phi) is 8.04. The zero-order chi connectivity index (χ0) is 22.9. The number of carbonyl (C=O) groups excluding carboxylic acids is 2. The summed E-state index contributed by atoms with van der Waals surface area (Å²) in [6, 6.07) is 10.3.